The van der Waals surface area contributed by atoms with Crippen molar-refractivity contribution in [2.75, 3.05) is 7.05 Å². The number of nitrogens with zero attached hydrogens (tertiary/aromatic N) is 2. The first kappa shape index (κ1) is 29.4. The average molecular weight is 533 g/mol. The van der Waals surface area contributed by atoms with Gasteiger partial charge in [0.2, 0.25) is 5.91 Å². The summed E-state index contributed by atoms with van der Waals surface area (Å²) in [7, 11) is 1.69. The molecule has 0 aliphatic carbocycles. The summed E-state index contributed by atoms with van der Waals surface area (Å²) >= 11 is 1.55. The predicted octanol–water partition coefficient (Wildman–Crippen LogP) is 3.35. The molecule has 0 bridgehead atoms. The van der Waals surface area contributed by atoms with Crippen LogP contribution in [0.5, 0.6) is 0 Å². The molecule has 2 aliphatic rings. The zero-order valence-electron chi connectivity index (χ0n) is 23.0. The number of amides is 1. The van der Waals surface area contributed by atoms with Crippen LogP contribution in [0.3, 0.4) is 0 Å². The number of hydrogen-bond donors (Lipinski definition) is 2. The fraction of sp³-hybridized carbons (Fsp3) is 0.643. The number of carbonyl (C=O) groups excluding carboxylic acids is 3. The van der Waals surface area contributed by atoms with Gasteiger partial charge in [-0.25, -0.2) is 4.98 Å². The molecule has 37 heavy (non-hydrogen) atoms. The van der Waals surface area contributed by atoms with Crippen molar-refractivity contribution in [1.29, 1.82) is 0 Å². The lowest BCUT2D eigenvalue weighted by atomic mass is 9.73. The lowest BCUT2D eigenvalue weighted by Crippen LogP contribution is -2.48. The van der Waals surface area contributed by atoms with E-state index in [0.29, 0.717) is 6.42 Å². The lowest BCUT2D eigenvalue weighted by Gasteiger charge is -2.35. The molecule has 3 heterocycles. The summed E-state index contributed by atoms with van der Waals surface area (Å²) in [6.07, 6.45) is 2.58. The molecule has 8 nitrogen and oxygen atoms in total. The van der Waals surface area contributed by atoms with Gasteiger partial charge < -0.3 is 19.8 Å². The van der Waals surface area contributed by atoms with Crippen molar-refractivity contribution in [3.8, 4) is 0 Å². The Labute approximate surface area is 223 Å². The van der Waals surface area contributed by atoms with Crippen LogP contribution in [0.4, 0.5) is 0 Å². The van der Waals surface area contributed by atoms with Gasteiger partial charge in [-0.3, -0.25) is 14.4 Å². The first-order valence-corrected chi connectivity index (χ1v) is 13.6. The molecule has 204 valence electrons. The summed E-state index contributed by atoms with van der Waals surface area (Å²) in [6, 6.07) is -0.343. The number of rotatable bonds is 2. The Morgan fingerprint density at radius 2 is 1.84 bits per heavy atom. The molecule has 0 spiro atoms. The molecule has 2 N–H and O–H groups in total. The summed E-state index contributed by atoms with van der Waals surface area (Å²) in [5.74, 6) is -2.72. The zero-order chi connectivity index (χ0) is 27.9. The Morgan fingerprint density at radius 1 is 1.19 bits per heavy atom. The number of thiazole rings is 1. The second kappa shape index (κ2) is 10.9. The highest BCUT2D eigenvalue weighted by Gasteiger charge is 2.52. The van der Waals surface area contributed by atoms with Crippen LogP contribution in [0.1, 0.15) is 65.1 Å². The minimum absolute atomic E-state index is 0.229. The molecule has 1 amide bonds. The molecule has 0 unspecified atom stereocenters. The van der Waals surface area contributed by atoms with Crippen LogP contribution in [0.2, 0.25) is 0 Å². The largest absolute Gasteiger partial charge is 0.392 e. The van der Waals surface area contributed by atoms with Gasteiger partial charge in [-0.1, -0.05) is 27.7 Å². The van der Waals surface area contributed by atoms with Gasteiger partial charge in [-0.2, -0.15) is 0 Å². The topological polar surface area (TPSA) is 120 Å². The predicted molar refractivity (Wildman–Crippen MR) is 143 cm³/mol. The van der Waals surface area contributed by atoms with E-state index in [1.807, 2.05) is 32.2 Å². The van der Waals surface area contributed by atoms with Gasteiger partial charge in [-0.05, 0) is 44.6 Å². The quantitative estimate of drug-likeness (QED) is 0.561. The average Bonchev–Trinajstić information content (AvgIpc) is 3.30. The fourth-order valence-electron chi connectivity index (χ4n) is 4.97. The summed E-state index contributed by atoms with van der Waals surface area (Å²) in [5.41, 5.74) is -0.259. The van der Waals surface area contributed by atoms with Crippen LogP contribution in [0.25, 0.3) is 6.08 Å². The van der Waals surface area contributed by atoms with Gasteiger partial charge in [0.1, 0.15) is 11.4 Å². The van der Waals surface area contributed by atoms with E-state index in [0.717, 1.165) is 16.3 Å². The third-order valence-electron chi connectivity index (χ3n) is 8.12. The minimum Gasteiger partial charge on any atom is -0.392 e. The SMILES string of the molecule is CC(=Cc1csc(C)n1)[C@@H]1C[C@@H]2O[C@]2(C)C=CC(=O)[C@H](C)[C@H](O)[C@@H](C)C(=O)C(C)(C)[C@@H](O)CC(=O)N1C. The van der Waals surface area contributed by atoms with E-state index >= 15 is 0 Å². The maximum atomic E-state index is 13.4. The van der Waals surface area contributed by atoms with E-state index in [4.69, 9.17) is 4.74 Å². The standard InChI is InChI=1S/C28H40N2O6S/c1-15(11-19-14-37-18(4)29-19)20-12-23-28(7,36-23)10-9-21(31)16(2)25(34)17(3)26(35)27(5,6)22(32)13-24(33)30(20)8/h9-11,14,16-17,20,22-23,25,32,34H,12-13H2,1-8H3/t16-,17+,20-,22-,23-,25-,28+/m0/s1. The summed E-state index contributed by atoms with van der Waals surface area (Å²) in [4.78, 5) is 45.6. The maximum absolute atomic E-state index is 13.4. The van der Waals surface area contributed by atoms with Gasteiger partial charge in [0.05, 0.1) is 46.9 Å². The molecule has 3 rings (SSSR count). The number of aliphatic hydroxyl groups is 2. The molecular weight excluding hydrogens is 492 g/mol. The van der Waals surface area contributed by atoms with Crippen LogP contribution in [-0.2, 0) is 19.1 Å². The second-order valence-corrected chi connectivity index (χ2v) is 12.4. The number of carbonyl (C=O) groups is 3. The van der Waals surface area contributed by atoms with Crippen LogP contribution < -0.4 is 0 Å². The lowest BCUT2D eigenvalue weighted by molar-refractivity contribution is -0.145. The van der Waals surface area contributed by atoms with Crippen molar-refractivity contribution in [3.05, 3.63) is 33.8 Å². The van der Waals surface area contributed by atoms with E-state index in [1.54, 1.807) is 57.1 Å². The number of aryl methyl sites for hydroxylation is 1. The molecule has 9 heteroatoms. The van der Waals surface area contributed by atoms with Crippen molar-refractivity contribution in [3.63, 3.8) is 0 Å². The van der Waals surface area contributed by atoms with E-state index in [-0.39, 0.29) is 30.3 Å². The molecule has 1 aromatic heterocycles. The molecule has 0 saturated carbocycles. The Hall–Kier alpha value is -2.20. The van der Waals surface area contributed by atoms with Crippen molar-refractivity contribution in [2.24, 2.45) is 17.3 Å². The van der Waals surface area contributed by atoms with E-state index in [2.05, 4.69) is 4.98 Å². The molecule has 2 aliphatic heterocycles. The van der Waals surface area contributed by atoms with E-state index in [9.17, 15) is 24.6 Å². The third kappa shape index (κ3) is 6.28. The van der Waals surface area contributed by atoms with Crippen molar-refractivity contribution >= 4 is 34.9 Å². The van der Waals surface area contributed by atoms with Gasteiger partial charge in [0.25, 0.3) is 0 Å². The molecular formula is C28H40N2O6S. The number of aromatic nitrogens is 1. The van der Waals surface area contributed by atoms with Crippen LogP contribution in [-0.4, -0.2) is 74.6 Å². The Bertz CT molecular complexity index is 1110. The number of likely N-dealkylation sites (N-methyl/N-ethyl adjacent to an activating group) is 1. The molecule has 1 fully saturated rings. The number of hydrogen-bond acceptors (Lipinski definition) is 8. The number of epoxide rings is 1. The minimum atomic E-state index is -1.30. The Kier molecular flexibility index (Phi) is 8.64. The summed E-state index contributed by atoms with van der Waals surface area (Å²) < 4.78 is 5.97. The molecule has 1 aromatic rings. The Morgan fingerprint density at radius 3 is 2.43 bits per heavy atom. The summed E-state index contributed by atoms with van der Waals surface area (Å²) in [5, 5.41) is 24.7. The highest BCUT2D eigenvalue weighted by atomic mass is 32.1. The van der Waals surface area contributed by atoms with E-state index in [1.165, 1.54) is 6.08 Å². The van der Waals surface area contributed by atoms with Crippen molar-refractivity contribution in [1.82, 2.24) is 9.88 Å². The molecule has 0 radical (unpaired) electrons. The van der Waals surface area contributed by atoms with Gasteiger partial charge >= 0.3 is 0 Å². The fourth-order valence-corrected chi connectivity index (χ4v) is 5.54. The normalized spacial score (nSPS) is 36.0. The first-order valence-electron chi connectivity index (χ1n) is 12.8. The number of ether oxygens (including phenoxy) is 1. The van der Waals surface area contributed by atoms with Crippen molar-refractivity contribution < 1.29 is 29.3 Å². The van der Waals surface area contributed by atoms with Gasteiger partial charge in [-0.15, -0.1) is 11.3 Å². The zero-order valence-corrected chi connectivity index (χ0v) is 23.8. The van der Waals surface area contributed by atoms with Gasteiger partial charge in [0.15, 0.2) is 5.78 Å². The van der Waals surface area contributed by atoms with E-state index < -0.39 is 40.8 Å². The number of fused-ring (bicyclic) bond motifs is 1. The number of ketones is 2. The molecule has 0 aromatic carbocycles. The number of aliphatic hydroxyl groups excluding tert-OH is 2. The number of Topliss-reactive ketones (excluding diaryl/α,β-unsaturated/α-hetero) is 1. The number of allylic oxidation sites excluding steroid dienone is 1. The highest BCUT2D eigenvalue weighted by molar-refractivity contribution is 7.09. The second-order valence-electron chi connectivity index (χ2n) is 11.3. The molecule has 1 saturated heterocycles. The van der Waals surface area contributed by atoms with Crippen LogP contribution in [0.15, 0.2) is 23.1 Å². The van der Waals surface area contributed by atoms with Crippen LogP contribution in [0, 0.1) is 24.2 Å². The Balaban J connectivity index is 1.99. The molecule has 7 atom stereocenters. The monoisotopic (exact) mass is 532 g/mol. The van der Waals surface area contributed by atoms with Crippen molar-refractivity contribution in [2.45, 2.75) is 91.3 Å². The highest BCUT2D eigenvalue weighted by Crippen LogP contribution is 2.42. The van der Waals surface area contributed by atoms with Gasteiger partial charge in [0, 0.05) is 30.7 Å². The smallest absolute Gasteiger partial charge is 0.225 e. The first-order chi connectivity index (χ1) is 17.1. The van der Waals surface area contributed by atoms with Crippen LogP contribution >= 0.6 is 11.3 Å². The maximum Gasteiger partial charge on any atom is 0.225 e. The summed E-state index contributed by atoms with van der Waals surface area (Å²) in [6.45, 7) is 12.0. The third-order valence-corrected chi connectivity index (χ3v) is 8.91.